The molecule has 1 rings (SSSR count). The highest BCUT2D eigenvalue weighted by Gasteiger charge is 2.06. The average molecular weight is 258 g/mol. The van der Waals surface area contributed by atoms with Crippen molar-refractivity contribution in [3.05, 3.63) is 35.9 Å². The Bertz CT molecular complexity index is 356. The van der Waals surface area contributed by atoms with Crippen LogP contribution in [0.15, 0.2) is 25.0 Å². The first-order valence-electron chi connectivity index (χ1n) is 4.68. The van der Waals surface area contributed by atoms with Crippen molar-refractivity contribution in [3.8, 4) is 0 Å². The molecule has 1 aromatic rings. The van der Waals surface area contributed by atoms with Gasteiger partial charge in [0, 0.05) is 18.1 Å². The van der Waals surface area contributed by atoms with Crippen LogP contribution in [0.5, 0.6) is 0 Å². The molecule has 0 aliphatic heterocycles. The van der Waals surface area contributed by atoms with E-state index in [1.807, 2.05) is 6.08 Å². The number of nitrogens with one attached hydrogen (secondary N) is 1. The smallest absolute Gasteiger partial charge is 0.271 e. The molecule has 0 saturated carbocycles. The summed E-state index contributed by atoms with van der Waals surface area (Å²) in [5.74, 6) is 1.50. The lowest BCUT2D eigenvalue weighted by Gasteiger charge is -2.03. The second kappa shape index (κ2) is 7.24. The molecule has 0 spiro atoms. The third kappa shape index (κ3) is 4.63. The third-order valence-electron chi connectivity index (χ3n) is 1.62. The lowest BCUT2D eigenvalue weighted by molar-refractivity contribution is 0.0951. The highest BCUT2D eigenvalue weighted by Crippen LogP contribution is 2.01. The van der Waals surface area contributed by atoms with E-state index in [1.54, 1.807) is 11.8 Å². The summed E-state index contributed by atoms with van der Waals surface area (Å²) in [6.07, 6.45) is 4.54. The molecule has 0 saturated heterocycles. The summed E-state index contributed by atoms with van der Waals surface area (Å²) in [5.41, 5.74) is 0.276. The zero-order valence-electron chi connectivity index (χ0n) is 8.65. The Morgan fingerprint density at radius 3 is 3.00 bits per heavy atom. The topological polar surface area (TPSA) is 54.9 Å². The summed E-state index contributed by atoms with van der Waals surface area (Å²) in [6, 6.07) is 0. The van der Waals surface area contributed by atoms with Crippen molar-refractivity contribution in [3.63, 3.8) is 0 Å². The molecule has 0 bridgehead atoms. The van der Waals surface area contributed by atoms with E-state index in [4.69, 9.17) is 11.6 Å². The maximum absolute atomic E-state index is 11.5. The molecule has 6 heteroatoms. The van der Waals surface area contributed by atoms with Gasteiger partial charge in [-0.15, -0.1) is 6.58 Å². The van der Waals surface area contributed by atoms with Gasteiger partial charge in [-0.1, -0.05) is 17.7 Å². The first kappa shape index (κ1) is 13.0. The Morgan fingerprint density at radius 2 is 2.38 bits per heavy atom. The van der Waals surface area contributed by atoms with Gasteiger partial charge < -0.3 is 5.32 Å². The van der Waals surface area contributed by atoms with Crippen LogP contribution in [0.25, 0.3) is 0 Å². The molecule has 1 N–H and O–H groups in total. The fraction of sp³-hybridized carbons (Fsp3) is 0.300. The number of carbonyl (C=O) groups is 1. The van der Waals surface area contributed by atoms with Crippen molar-refractivity contribution in [1.29, 1.82) is 0 Å². The van der Waals surface area contributed by atoms with Crippen LogP contribution in [-0.4, -0.2) is 33.9 Å². The second-order valence-electron chi connectivity index (χ2n) is 2.84. The summed E-state index contributed by atoms with van der Waals surface area (Å²) < 4.78 is 0. The fourth-order valence-electron chi connectivity index (χ4n) is 0.923. The number of thioether (sulfide) groups is 1. The maximum Gasteiger partial charge on any atom is 0.271 e. The largest absolute Gasteiger partial charge is 0.350 e. The number of hydrogen-bond donors (Lipinski definition) is 1. The van der Waals surface area contributed by atoms with E-state index in [-0.39, 0.29) is 16.8 Å². The molecule has 86 valence electrons. The van der Waals surface area contributed by atoms with Crippen LogP contribution in [0.3, 0.4) is 0 Å². The average Bonchev–Trinajstić information content (AvgIpc) is 2.29. The maximum atomic E-state index is 11.5. The Hall–Kier alpha value is -1.07. The Balaban J connectivity index is 2.29. The summed E-state index contributed by atoms with van der Waals surface area (Å²) in [6.45, 7) is 4.21. The molecular weight excluding hydrogens is 246 g/mol. The Labute approximate surface area is 104 Å². The highest BCUT2D eigenvalue weighted by molar-refractivity contribution is 7.99. The fourth-order valence-corrected chi connectivity index (χ4v) is 1.60. The number of aromatic nitrogens is 2. The molecule has 1 aromatic heterocycles. The normalized spacial score (nSPS) is 9.81. The standard InChI is InChI=1S/C10H12ClN3OS/c1-2-4-16-5-3-12-10(15)8-6-14-9(11)7-13-8/h2,6-7H,1,3-5H2,(H,12,15). The van der Waals surface area contributed by atoms with E-state index >= 15 is 0 Å². The molecule has 1 amide bonds. The zero-order chi connectivity index (χ0) is 11.8. The van der Waals surface area contributed by atoms with E-state index in [2.05, 4.69) is 21.9 Å². The molecule has 1 heterocycles. The highest BCUT2D eigenvalue weighted by atomic mass is 35.5. The van der Waals surface area contributed by atoms with Gasteiger partial charge in [-0.05, 0) is 0 Å². The number of rotatable bonds is 6. The van der Waals surface area contributed by atoms with Crippen LogP contribution in [-0.2, 0) is 0 Å². The molecule has 0 radical (unpaired) electrons. The Kier molecular flexibility index (Phi) is 5.88. The second-order valence-corrected chi connectivity index (χ2v) is 4.38. The quantitative estimate of drug-likeness (QED) is 0.624. The van der Waals surface area contributed by atoms with E-state index in [9.17, 15) is 4.79 Å². The van der Waals surface area contributed by atoms with E-state index in [1.165, 1.54) is 12.4 Å². The zero-order valence-corrected chi connectivity index (χ0v) is 10.2. The van der Waals surface area contributed by atoms with Crippen LogP contribution < -0.4 is 5.32 Å². The monoisotopic (exact) mass is 257 g/mol. The third-order valence-corrected chi connectivity index (χ3v) is 2.78. The van der Waals surface area contributed by atoms with Crippen molar-refractivity contribution in [1.82, 2.24) is 15.3 Å². The summed E-state index contributed by atoms with van der Waals surface area (Å²) >= 11 is 7.26. The molecule has 0 fully saturated rings. The first-order chi connectivity index (χ1) is 7.74. The van der Waals surface area contributed by atoms with Gasteiger partial charge in [0.1, 0.15) is 10.8 Å². The Morgan fingerprint density at radius 1 is 1.56 bits per heavy atom. The number of carbonyl (C=O) groups excluding carboxylic acids is 1. The van der Waals surface area contributed by atoms with Crippen LogP contribution in [0.1, 0.15) is 10.5 Å². The summed E-state index contributed by atoms with van der Waals surface area (Å²) in [7, 11) is 0. The van der Waals surface area contributed by atoms with Gasteiger partial charge in [0.15, 0.2) is 0 Å². The summed E-state index contributed by atoms with van der Waals surface area (Å²) in [5, 5.41) is 3.01. The molecular formula is C10H12ClN3OS. The first-order valence-corrected chi connectivity index (χ1v) is 6.21. The molecule has 0 unspecified atom stereocenters. The van der Waals surface area contributed by atoms with Gasteiger partial charge in [0.25, 0.3) is 5.91 Å². The molecule has 0 aromatic carbocycles. The number of hydrogen-bond acceptors (Lipinski definition) is 4. The predicted molar refractivity (Wildman–Crippen MR) is 66.9 cm³/mol. The van der Waals surface area contributed by atoms with E-state index < -0.39 is 0 Å². The van der Waals surface area contributed by atoms with Crippen LogP contribution >= 0.6 is 23.4 Å². The van der Waals surface area contributed by atoms with Crippen LogP contribution in [0.4, 0.5) is 0 Å². The minimum absolute atomic E-state index is 0.233. The van der Waals surface area contributed by atoms with Gasteiger partial charge in [-0.3, -0.25) is 4.79 Å². The van der Waals surface area contributed by atoms with Gasteiger partial charge in [0.05, 0.1) is 12.4 Å². The van der Waals surface area contributed by atoms with Gasteiger partial charge >= 0.3 is 0 Å². The van der Waals surface area contributed by atoms with Crippen LogP contribution in [0, 0.1) is 0 Å². The van der Waals surface area contributed by atoms with Gasteiger partial charge in [-0.25, -0.2) is 9.97 Å². The predicted octanol–water partition coefficient (Wildman–Crippen LogP) is 1.78. The minimum Gasteiger partial charge on any atom is -0.350 e. The van der Waals surface area contributed by atoms with Crippen molar-refractivity contribution >= 4 is 29.3 Å². The van der Waals surface area contributed by atoms with Crippen molar-refractivity contribution in [2.75, 3.05) is 18.1 Å². The van der Waals surface area contributed by atoms with Crippen molar-refractivity contribution in [2.24, 2.45) is 0 Å². The SMILES string of the molecule is C=CCSCCNC(=O)c1cnc(Cl)cn1. The van der Waals surface area contributed by atoms with Crippen LogP contribution in [0.2, 0.25) is 5.15 Å². The van der Waals surface area contributed by atoms with E-state index in [0.29, 0.717) is 6.54 Å². The molecule has 0 aliphatic carbocycles. The lowest BCUT2D eigenvalue weighted by atomic mass is 10.4. The lowest BCUT2D eigenvalue weighted by Crippen LogP contribution is -2.26. The van der Waals surface area contributed by atoms with Gasteiger partial charge in [-0.2, -0.15) is 11.8 Å². The number of nitrogens with zero attached hydrogens (tertiary/aromatic N) is 2. The molecule has 0 atom stereocenters. The molecule has 4 nitrogen and oxygen atoms in total. The number of halogens is 1. The minimum atomic E-state index is -0.233. The van der Waals surface area contributed by atoms with Gasteiger partial charge in [0.2, 0.25) is 0 Å². The van der Waals surface area contributed by atoms with Crippen molar-refractivity contribution < 1.29 is 4.79 Å². The number of amides is 1. The molecule has 0 aliphatic rings. The molecule has 16 heavy (non-hydrogen) atoms. The van der Waals surface area contributed by atoms with Crippen molar-refractivity contribution in [2.45, 2.75) is 0 Å². The van der Waals surface area contributed by atoms with E-state index in [0.717, 1.165) is 11.5 Å². The summed E-state index contributed by atoms with van der Waals surface area (Å²) in [4.78, 5) is 19.1.